The number of halogens is 1. The molecule has 0 radical (unpaired) electrons. The number of H-pyrrole nitrogens is 1. The number of carboxylic acids is 1. The van der Waals surface area contributed by atoms with Crippen LogP contribution in [0.25, 0.3) is 11.4 Å². The first-order valence-corrected chi connectivity index (χ1v) is 8.67. The molecule has 9 heteroatoms. The van der Waals surface area contributed by atoms with Gasteiger partial charge in [0.1, 0.15) is 17.4 Å². The van der Waals surface area contributed by atoms with Crippen molar-refractivity contribution in [2.75, 3.05) is 11.9 Å². The number of nitrogen functional groups attached to an aromatic ring is 1. The van der Waals surface area contributed by atoms with Crippen molar-refractivity contribution in [3.05, 3.63) is 66.0 Å². The smallest absolute Gasteiger partial charge is 0.137 e. The molecule has 1 atom stereocenters. The second kappa shape index (κ2) is 9.61. The summed E-state index contributed by atoms with van der Waals surface area (Å²) in [6, 6.07) is 10.7. The van der Waals surface area contributed by atoms with Crippen LogP contribution < -0.4 is 20.9 Å². The molecule has 0 amide bonds. The number of nitrogens with zero attached hydrogens (tertiary/aromatic N) is 1. The average Bonchev–Trinajstić information content (AvgIpc) is 3.21. The molecule has 1 aromatic heterocycles. The molecular weight excluding hydrogens is 394 g/mol. The molecular formula is C20H21ClN5O3-. The number of nitrogens with one attached hydrogen (secondary N) is 3. The van der Waals surface area contributed by atoms with Gasteiger partial charge in [0.25, 0.3) is 0 Å². The number of carbonyl (C=O) groups is 1. The van der Waals surface area contributed by atoms with Crippen molar-refractivity contribution in [2.24, 2.45) is 5.73 Å². The Hall–Kier alpha value is -3.52. The Balaban J connectivity index is 0.00000300. The number of carbonyl (C=O) groups excluding carboxylic acids is 1. The van der Waals surface area contributed by atoms with Crippen molar-refractivity contribution in [2.45, 2.75) is 13.0 Å². The van der Waals surface area contributed by atoms with Gasteiger partial charge in [-0.05, 0) is 55.0 Å². The van der Waals surface area contributed by atoms with Gasteiger partial charge >= 0.3 is 0 Å². The van der Waals surface area contributed by atoms with Gasteiger partial charge in [-0.15, -0.1) is 12.4 Å². The van der Waals surface area contributed by atoms with E-state index in [0.717, 1.165) is 0 Å². The number of ether oxygens (including phenoxy) is 1. The number of aliphatic carboxylic acids is 1. The summed E-state index contributed by atoms with van der Waals surface area (Å²) in [6.45, 7) is 2.29. The van der Waals surface area contributed by atoms with Crippen LogP contribution in [0.1, 0.15) is 24.1 Å². The molecule has 0 saturated carbocycles. The summed E-state index contributed by atoms with van der Waals surface area (Å²) in [5, 5.41) is 22.2. The zero-order chi connectivity index (χ0) is 20.1. The monoisotopic (exact) mass is 414 g/mol. The van der Waals surface area contributed by atoms with Gasteiger partial charge in [-0.1, -0.05) is 0 Å². The van der Waals surface area contributed by atoms with Crippen LogP contribution in [0.4, 0.5) is 5.69 Å². The standard InChI is InChI=1S/C20H21N5O3.ClH/c1-2-28-16-10-13(9-14(11-16)19-23-7-8-24-19)17(20(26)27)25-15-5-3-12(4-6-15)18(21)22;/h3-11,17,25H,2H2,1H3,(H3,21,22)(H,23,24)(H,26,27);1H/p-1. The SMILES string of the molecule is CCOc1cc(-c2ncc[nH]2)cc(C(Nc2ccc(C(=N)N)cc2)C(=O)[O-])c1.Cl. The minimum atomic E-state index is -1.28. The fraction of sp³-hybridized carbons (Fsp3) is 0.150. The van der Waals surface area contributed by atoms with Crippen molar-refractivity contribution in [1.29, 1.82) is 5.41 Å². The number of aromatic nitrogens is 2. The summed E-state index contributed by atoms with van der Waals surface area (Å²) in [6.07, 6.45) is 3.31. The van der Waals surface area contributed by atoms with E-state index in [9.17, 15) is 9.90 Å². The van der Waals surface area contributed by atoms with E-state index >= 15 is 0 Å². The van der Waals surface area contributed by atoms with Gasteiger partial charge in [0, 0.05) is 29.2 Å². The lowest BCUT2D eigenvalue weighted by Gasteiger charge is -2.23. The Morgan fingerprint density at radius 2 is 2.03 bits per heavy atom. The fourth-order valence-electron chi connectivity index (χ4n) is 2.79. The topological polar surface area (TPSA) is 140 Å². The minimum Gasteiger partial charge on any atom is -0.548 e. The summed E-state index contributed by atoms with van der Waals surface area (Å²) in [4.78, 5) is 19.1. The molecule has 0 saturated heterocycles. The lowest BCUT2D eigenvalue weighted by atomic mass is 10.0. The maximum absolute atomic E-state index is 11.9. The first-order chi connectivity index (χ1) is 13.5. The quantitative estimate of drug-likeness (QED) is 0.328. The highest BCUT2D eigenvalue weighted by atomic mass is 35.5. The number of amidine groups is 1. The predicted molar refractivity (Wildman–Crippen MR) is 111 cm³/mol. The Morgan fingerprint density at radius 1 is 1.31 bits per heavy atom. The number of aromatic amines is 1. The molecule has 5 N–H and O–H groups in total. The lowest BCUT2D eigenvalue weighted by Crippen LogP contribution is -2.34. The summed E-state index contributed by atoms with van der Waals surface area (Å²) < 4.78 is 5.59. The van der Waals surface area contributed by atoms with Gasteiger partial charge < -0.3 is 30.7 Å². The van der Waals surface area contributed by atoms with E-state index in [1.54, 1.807) is 54.9 Å². The van der Waals surface area contributed by atoms with Crippen molar-refractivity contribution < 1.29 is 14.6 Å². The molecule has 152 valence electrons. The van der Waals surface area contributed by atoms with E-state index in [2.05, 4.69) is 15.3 Å². The number of carboxylic acid groups (broad SMARTS) is 1. The first-order valence-electron chi connectivity index (χ1n) is 8.67. The molecule has 29 heavy (non-hydrogen) atoms. The molecule has 1 unspecified atom stereocenters. The molecule has 0 spiro atoms. The van der Waals surface area contributed by atoms with Crippen molar-refractivity contribution >= 4 is 29.9 Å². The first kappa shape index (κ1) is 21.8. The number of hydrogen-bond acceptors (Lipinski definition) is 6. The zero-order valence-electron chi connectivity index (χ0n) is 15.6. The van der Waals surface area contributed by atoms with Crippen LogP contribution in [0.5, 0.6) is 5.75 Å². The van der Waals surface area contributed by atoms with Gasteiger partial charge in [0.2, 0.25) is 0 Å². The fourth-order valence-corrected chi connectivity index (χ4v) is 2.79. The third kappa shape index (κ3) is 5.26. The van der Waals surface area contributed by atoms with E-state index in [0.29, 0.717) is 40.6 Å². The summed E-state index contributed by atoms with van der Waals surface area (Å²) in [7, 11) is 0. The van der Waals surface area contributed by atoms with Gasteiger partial charge in [-0.3, -0.25) is 5.41 Å². The predicted octanol–water partition coefficient (Wildman–Crippen LogP) is 2.08. The third-order valence-electron chi connectivity index (χ3n) is 4.09. The van der Waals surface area contributed by atoms with Crippen molar-refractivity contribution in [3.63, 3.8) is 0 Å². The average molecular weight is 415 g/mol. The molecule has 0 bridgehead atoms. The molecule has 0 aliphatic rings. The van der Waals surface area contributed by atoms with Crippen LogP contribution in [-0.2, 0) is 4.79 Å². The molecule has 2 aromatic carbocycles. The van der Waals surface area contributed by atoms with Crippen LogP contribution in [0.15, 0.2) is 54.9 Å². The van der Waals surface area contributed by atoms with E-state index < -0.39 is 12.0 Å². The second-order valence-corrected chi connectivity index (χ2v) is 6.05. The van der Waals surface area contributed by atoms with E-state index in [-0.39, 0.29) is 18.2 Å². The lowest BCUT2D eigenvalue weighted by molar-refractivity contribution is -0.307. The van der Waals surface area contributed by atoms with Crippen LogP contribution >= 0.6 is 12.4 Å². The van der Waals surface area contributed by atoms with Crippen molar-refractivity contribution in [1.82, 2.24) is 9.97 Å². The normalized spacial score (nSPS) is 11.2. The van der Waals surface area contributed by atoms with E-state index in [1.807, 2.05) is 6.92 Å². The van der Waals surface area contributed by atoms with Gasteiger partial charge in [-0.2, -0.15) is 0 Å². The molecule has 3 aromatic rings. The second-order valence-electron chi connectivity index (χ2n) is 6.05. The number of benzene rings is 2. The Labute approximate surface area is 174 Å². The highest BCUT2D eigenvalue weighted by molar-refractivity contribution is 5.95. The maximum atomic E-state index is 11.9. The largest absolute Gasteiger partial charge is 0.548 e. The summed E-state index contributed by atoms with van der Waals surface area (Å²) >= 11 is 0. The summed E-state index contributed by atoms with van der Waals surface area (Å²) in [5.41, 5.74) is 7.72. The Bertz CT molecular complexity index is 974. The number of anilines is 1. The molecule has 1 heterocycles. The zero-order valence-corrected chi connectivity index (χ0v) is 16.5. The molecule has 0 fully saturated rings. The third-order valence-corrected chi connectivity index (χ3v) is 4.09. The van der Waals surface area contributed by atoms with Crippen LogP contribution in [0, 0.1) is 5.41 Å². The van der Waals surface area contributed by atoms with Gasteiger partial charge in [0.05, 0.1) is 18.6 Å². The number of hydrogen-bond donors (Lipinski definition) is 4. The van der Waals surface area contributed by atoms with E-state index in [1.165, 1.54) is 0 Å². The highest BCUT2D eigenvalue weighted by Crippen LogP contribution is 2.29. The van der Waals surface area contributed by atoms with Crippen LogP contribution in [0.3, 0.4) is 0 Å². The molecule has 3 rings (SSSR count). The van der Waals surface area contributed by atoms with Gasteiger partial charge in [-0.25, -0.2) is 4.98 Å². The maximum Gasteiger partial charge on any atom is 0.137 e. The molecule has 0 aliphatic heterocycles. The Morgan fingerprint density at radius 3 is 2.59 bits per heavy atom. The minimum absolute atomic E-state index is 0. The van der Waals surface area contributed by atoms with Crippen LogP contribution in [-0.4, -0.2) is 28.4 Å². The number of imidazole rings is 1. The van der Waals surface area contributed by atoms with Gasteiger partial charge in [0.15, 0.2) is 0 Å². The highest BCUT2D eigenvalue weighted by Gasteiger charge is 2.16. The van der Waals surface area contributed by atoms with Crippen molar-refractivity contribution in [3.8, 4) is 17.1 Å². The molecule has 8 nitrogen and oxygen atoms in total. The molecule has 0 aliphatic carbocycles. The number of nitrogens with two attached hydrogens (primary N) is 1. The van der Waals surface area contributed by atoms with Crippen LogP contribution in [0.2, 0.25) is 0 Å². The Kier molecular flexibility index (Phi) is 7.21. The summed E-state index contributed by atoms with van der Waals surface area (Å²) in [5.74, 6) is -0.206. The number of rotatable bonds is 8. The van der Waals surface area contributed by atoms with E-state index in [4.69, 9.17) is 15.9 Å².